The third-order valence-electron chi connectivity index (χ3n) is 6.65. The summed E-state index contributed by atoms with van der Waals surface area (Å²) >= 11 is 6.12. The Morgan fingerprint density at radius 3 is 2.91 bits per heavy atom. The van der Waals surface area contributed by atoms with E-state index >= 15 is 0 Å². The van der Waals surface area contributed by atoms with E-state index in [4.69, 9.17) is 22.1 Å². The molecule has 1 atom stereocenters. The van der Waals surface area contributed by atoms with E-state index in [1.165, 1.54) is 0 Å². The molecule has 11 heteroatoms. The average Bonchev–Trinajstić information content (AvgIpc) is 3.24. The van der Waals surface area contributed by atoms with Crippen molar-refractivity contribution in [2.45, 2.75) is 43.7 Å². The smallest absolute Gasteiger partial charge is 0.315 e. The topological polar surface area (TPSA) is 122 Å². The number of carbonyl (C=O) groups excluding carboxylic acids is 1. The van der Waals surface area contributed by atoms with E-state index in [2.05, 4.69) is 25.3 Å². The van der Waals surface area contributed by atoms with E-state index in [0.29, 0.717) is 41.8 Å². The van der Waals surface area contributed by atoms with E-state index in [-0.39, 0.29) is 11.9 Å². The van der Waals surface area contributed by atoms with Gasteiger partial charge in [-0.2, -0.15) is 0 Å². The summed E-state index contributed by atoms with van der Waals surface area (Å²) in [4.78, 5) is 29.9. The molecule has 1 aliphatic carbocycles. The molecule has 3 aromatic rings. The maximum Gasteiger partial charge on any atom is 0.315 e. The number of aromatic amines is 1. The predicted molar refractivity (Wildman–Crippen MR) is 122 cm³/mol. The van der Waals surface area contributed by atoms with Crippen molar-refractivity contribution in [3.05, 3.63) is 35.5 Å². The van der Waals surface area contributed by atoms with Crippen molar-refractivity contribution < 1.29 is 13.9 Å². The number of morpholine rings is 1. The number of nitrogens with one attached hydrogen (secondary N) is 2. The second kappa shape index (κ2) is 8.75. The number of anilines is 1. The summed E-state index contributed by atoms with van der Waals surface area (Å²) in [7, 11) is 0. The number of nitrogens with zero attached hydrogens (tertiary/aromatic N) is 4. The highest BCUT2D eigenvalue weighted by Crippen LogP contribution is 2.38. The molecular formula is C22H25ClFN7O2. The predicted octanol–water partition coefficient (Wildman–Crippen LogP) is 3.71. The molecule has 2 fully saturated rings. The lowest BCUT2D eigenvalue weighted by atomic mass is 9.75. The number of halogens is 2. The Labute approximate surface area is 194 Å². The summed E-state index contributed by atoms with van der Waals surface area (Å²) in [5.74, 6) is -0.143. The van der Waals surface area contributed by atoms with E-state index in [1.807, 2.05) is 0 Å². The molecule has 33 heavy (non-hydrogen) atoms. The molecule has 1 saturated heterocycles. The molecule has 0 aromatic carbocycles. The maximum atomic E-state index is 15.0. The summed E-state index contributed by atoms with van der Waals surface area (Å²) in [6.45, 7) is 1.17. The van der Waals surface area contributed by atoms with Crippen LogP contribution in [-0.2, 0) is 4.74 Å². The molecule has 0 spiro atoms. The molecule has 4 heterocycles. The Hall–Kier alpha value is -2.98. The zero-order chi connectivity index (χ0) is 23.0. The van der Waals surface area contributed by atoms with Crippen LogP contribution in [0.15, 0.2) is 24.7 Å². The maximum absolute atomic E-state index is 15.0. The number of nitrogens with two attached hydrogens (primary N) is 1. The van der Waals surface area contributed by atoms with Crippen LogP contribution in [0, 0.1) is 5.82 Å². The molecule has 2 amide bonds. The van der Waals surface area contributed by atoms with Gasteiger partial charge in [0.2, 0.25) is 0 Å². The molecule has 1 saturated carbocycles. The quantitative estimate of drug-likeness (QED) is 0.531. The van der Waals surface area contributed by atoms with Gasteiger partial charge in [0.1, 0.15) is 5.65 Å². The Kier molecular flexibility index (Phi) is 5.79. The van der Waals surface area contributed by atoms with Crippen molar-refractivity contribution in [2.24, 2.45) is 5.73 Å². The molecule has 2 aliphatic rings. The molecule has 0 unspecified atom stereocenters. The number of hydrogen-bond donors (Lipinski definition) is 3. The van der Waals surface area contributed by atoms with Crippen LogP contribution in [0.2, 0.25) is 5.02 Å². The molecule has 1 aliphatic heterocycles. The fourth-order valence-electron chi connectivity index (χ4n) is 5.03. The van der Waals surface area contributed by atoms with Crippen LogP contribution < -0.4 is 11.1 Å². The third-order valence-corrected chi connectivity index (χ3v) is 6.85. The molecule has 4 N–H and O–H groups in total. The van der Waals surface area contributed by atoms with Crippen LogP contribution in [0.1, 0.15) is 32.1 Å². The van der Waals surface area contributed by atoms with Crippen LogP contribution in [0.4, 0.5) is 15.0 Å². The zero-order valence-corrected chi connectivity index (χ0v) is 18.7. The van der Waals surface area contributed by atoms with Gasteiger partial charge in [-0.3, -0.25) is 0 Å². The first-order chi connectivity index (χ1) is 16.0. The number of pyridine rings is 1. The standard InChI is InChI=1S/C22H25ClFN7O2/c23-13-8-14-15(10-27-18(14)26-9-13)19-28-11-16(24)20(29-19)30-22(4-2-1-3-5-22)17-12-33-7-6-31(17)21(25)32/h8-11,17H,1-7,12H2,(H2,25,32)(H,26,27)(H,28,29,30)/t17-/m1/s1. The van der Waals surface area contributed by atoms with Crippen LogP contribution in [0.25, 0.3) is 22.4 Å². The Bertz CT molecular complexity index is 1180. The highest BCUT2D eigenvalue weighted by atomic mass is 35.5. The number of rotatable bonds is 4. The number of hydrogen-bond acceptors (Lipinski definition) is 6. The highest BCUT2D eigenvalue weighted by molar-refractivity contribution is 6.31. The van der Waals surface area contributed by atoms with Crippen molar-refractivity contribution in [3.8, 4) is 11.4 Å². The van der Waals surface area contributed by atoms with Gasteiger partial charge >= 0.3 is 6.03 Å². The van der Waals surface area contributed by atoms with Gasteiger partial charge in [-0.1, -0.05) is 30.9 Å². The fraction of sp³-hybridized carbons (Fsp3) is 0.455. The van der Waals surface area contributed by atoms with Gasteiger partial charge in [0, 0.05) is 29.9 Å². The lowest BCUT2D eigenvalue weighted by Gasteiger charge is -2.50. The van der Waals surface area contributed by atoms with Gasteiger partial charge in [0.25, 0.3) is 0 Å². The minimum atomic E-state index is -0.606. The highest BCUT2D eigenvalue weighted by Gasteiger charge is 2.46. The van der Waals surface area contributed by atoms with Gasteiger partial charge in [0.15, 0.2) is 17.5 Å². The first kappa shape index (κ1) is 21.8. The lowest BCUT2D eigenvalue weighted by Crippen LogP contribution is -2.65. The number of H-pyrrole nitrogens is 1. The molecule has 5 rings (SSSR count). The SMILES string of the molecule is NC(=O)N1CCOC[C@@H]1C1(Nc2nc(-c3c[nH]c4ncc(Cl)cc34)ncc2F)CCCCC1. The zero-order valence-electron chi connectivity index (χ0n) is 18.0. The van der Waals surface area contributed by atoms with Crippen LogP contribution >= 0.6 is 11.6 Å². The number of amides is 2. The monoisotopic (exact) mass is 473 g/mol. The van der Waals surface area contributed by atoms with Gasteiger partial charge in [0.05, 0.1) is 36.0 Å². The molecule has 9 nitrogen and oxygen atoms in total. The van der Waals surface area contributed by atoms with Crippen molar-refractivity contribution in [3.63, 3.8) is 0 Å². The Morgan fingerprint density at radius 1 is 1.30 bits per heavy atom. The minimum Gasteiger partial charge on any atom is -0.377 e. The number of urea groups is 1. The molecule has 3 aromatic heterocycles. The third kappa shape index (κ3) is 4.08. The second-order valence-electron chi connectivity index (χ2n) is 8.61. The number of ether oxygens (including phenoxy) is 1. The molecule has 174 valence electrons. The van der Waals surface area contributed by atoms with Crippen molar-refractivity contribution in [1.29, 1.82) is 0 Å². The van der Waals surface area contributed by atoms with Gasteiger partial charge in [-0.25, -0.2) is 24.1 Å². The van der Waals surface area contributed by atoms with Crippen molar-refractivity contribution in [2.75, 3.05) is 25.1 Å². The fourth-order valence-corrected chi connectivity index (χ4v) is 5.19. The largest absolute Gasteiger partial charge is 0.377 e. The first-order valence-corrected chi connectivity index (χ1v) is 11.4. The summed E-state index contributed by atoms with van der Waals surface area (Å²) in [6, 6.07) is 0.947. The van der Waals surface area contributed by atoms with Crippen LogP contribution in [-0.4, -0.2) is 62.2 Å². The van der Waals surface area contributed by atoms with E-state index in [1.54, 1.807) is 23.4 Å². The molecular weight excluding hydrogens is 449 g/mol. The number of aromatic nitrogens is 4. The van der Waals surface area contributed by atoms with E-state index < -0.39 is 17.4 Å². The molecule has 0 bridgehead atoms. The number of primary amides is 1. The normalized spacial score (nSPS) is 20.7. The van der Waals surface area contributed by atoms with Gasteiger partial charge in [-0.15, -0.1) is 0 Å². The van der Waals surface area contributed by atoms with Gasteiger partial charge < -0.3 is 25.7 Å². The number of carbonyl (C=O) groups is 1. The van der Waals surface area contributed by atoms with E-state index in [0.717, 1.165) is 43.7 Å². The van der Waals surface area contributed by atoms with Crippen LogP contribution in [0.3, 0.4) is 0 Å². The first-order valence-electron chi connectivity index (χ1n) is 11.0. The summed E-state index contributed by atoms with van der Waals surface area (Å²) in [6.07, 6.45) is 8.89. The molecule has 0 radical (unpaired) electrons. The Balaban J connectivity index is 1.53. The summed E-state index contributed by atoms with van der Waals surface area (Å²) < 4.78 is 20.7. The number of fused-ring (bicyclic) bond motifs is 1. The Morgan fingerprint density at radius 2 is 2.12 bits per heavy atom. The minimum absolute atomic E-state index is 0.0845. The van der Waals surface area contributed by atoms with Crippen molar-refractivity contribution >= 4 is 34.5 Å². The lowest BCUT2D eigenvalue weighted by molar-refractivity contribution is -0.0183. The summed E-state index contributed by atoms with van der Waals surface area (Å²) in [5.41, 5.74) is 6.38. The van der Waals surface area contributed by atoms with Crippen molar-refractivity contribution in [1.82, 2.24) is 24.8 Å². The second-order valence-corrected chi connectivity index (χ2v) is 9.04. The summed E-state index contributed by atoms with van der Waals surface area (Å²) in [5, 5.41) is 4.60. The average molecular weight is 474 g/mol. The van der Waals surface area contributed by atoms with E-state index in [9.17, 15) is 9.18 Å². The van der Waals surface area contributed by atoms with Crippen LogP contribution in [0.5, 0.6) is 0 Å². The van der Waals surface area contributed by atoms with Gasteiger partial charge in [-0.05, 0) is 18.9 Å².